The van der Waals surface area contributed by atoms with Crippen molar-refractivity contribution in [1.29, 1.82) is 0 Å². The normalized spacial score (nSPS) is 10.6. The number of halogens is 2. The Morgan fingerprint density at radius 1 is 1.53 bits per heavy atom. The van der Waals surface area contributed by atoms with Crippen LogP contribution in [-0.2, 0) is 9.47 Å². The number of hydrogen-bond acceptors (Lipinski definition) is 5. The highest BCUT2D eigenvalue weighted by molar-refractivity contribution is 7.99. The molecule has 1 aromatic rings. The standard InChI is InChI=1S/C10H11F2NO3S/c1-15-5-6-16-9(14)7-3-2-4-13-8(7)17-10(11)12/h2-4,10H,5-6H2,1H3. The summed E-state index contributed by atoms with van der Waals surface area (Å²) in [5, 5.41) is -0.0371. The predicted octanol–water partition coefficient (Wildman–Crippen LogP) is 2.20. The van der Waals surface area contributed by atoms with Gasteiger partial charge in [-0.2, -0.15) is 8.78 Å². The number of aromatic nitrogens is 1. The molecule has 0 aliphatic carbocycles. The number of carbonyl (C=O) groups excluding carboxylic acids is 1. The monoisotopic (exact) mass is 263 g/mol. The quantitative estimate of drug-likeness (QED) is 0.447. The van der Waals surface area contributed by atoms with Gasteiger partial charge in [-0.15, -0.1) is 0 Å². The van der Waals surface area contributed by atoms with Crippen LogP contribution in [0.5, 0.6) is 0 Å². The van der Waals surface area contributed by atoms with E-state index in [4.69, 9.17) is 9.47 Å². The van der Waals surface area contributed by atoms with E-state index < -0.39 is 11.7 Å². The molecule has 0 aromatic carbocycles. The molecule has 0 saturated carbocycles. The van der Waals surface area contributed by atoms with Gasteiger partial charge in [-0.1, -0.05) is 0 Å². The molecule has 0 radical (unpaired) electrons. The van der Waals surface area contributed by atoms with E-state index in [0.29, 0.717) is 0 Å². The van der Waals surface area contributed by atoms with Gasteiger partial charge in [0.05, 0.1) is 12.2 Å². The Kier molecular flexibility index (Phi) is 5.85. The van der Waals surface area contributed by atoms with Crippen LogP contribution in [0, 0.1) is 0 Å². The summed E-state index contributed by atoms with van der Waals surface area (Å²) in [7, 11) is 1.47. The molecule has 0 saturated heterocycles. The Balaban J connectivity index is 2.71. The molecule has 1 heterocycles. The van der Waals surface area contributed by atoms with Crippen molar-refractivity contribution < 1.29 is 23.0 Å². The molecule has 0 amide bonds. The fourth-order valence-corrected chi connectivity index (χ4v) is 1.59. The van der Waals surface area contributed by atoms with E-state index >= 15 is 0 Å². The van der Waals surface area contributed by atoms with Gasteiger partial charge in [-0.3, -0.25) is 0 Å². The van der Waals surface area contributed by atoms with Crippen molar-refractivity contribution in [2.45, 2.75) is 10.8 Å². The highest BCUT2D eigenvalue weighted by Crippen LogP contribution is 2.26. The predicted molar refractivity (Wildman–Crippen MR) is 58.3 cm³/mol. The molecule has 7 heteroatoms. The van der Waals surface area contributed by atoms with Crippen molar-refractivity contribution in [3.05, 3.63) is 23.9 Å². The molecular formula is C10H11F2NO3S. The molecule has 0 atom stereocenters. The maximum Gasteiger partial charge on any atom is 0.340 e. The van der Waals surface area contributed by atoms with Crippen LogP contribution in [0.15, 0.2) is 23.4 Å². The number of hydrogen-bond donors (Lipinski definition) is 0. The van der Waals surface area contributed by atoms with E-state index in [2.05, 4.69) is 4.98 Å². The smallest absolute Gasteiger partial charge is 0.340 e. The third kappa shape index (κ3) is 4.66. The van der Waals surface area contributed by atoms with Gasteiger partial charge in [0.2, 0.25) is 0 Å². The van der Waals surface area contributed by atoms with E-state index in [1.807, 2.05) is 0 Å². The zero-order valence-electron chi connectivity index (χ0n) is 9.06. The molecule has 17 heavy (non-hydrogen) atoms. The Bertz CT molecular complexity index is 376. The van der Waals surface area contributed by atoms with Crippen molar-refractivity contribution >= 4 is 17.7 Å². The molecule has 1 aromatic heterocycles. The molecule has 1 rings (SSSR count). The van der Waals surface area contributed by atoms with E-state index in [-0.39, 0.29) is 35.6 Å². The molecule has 4 nitrogen and oxygen atoms in total. The lowest BCUT2D eigenvalue weighted by Crippen LogP contribution is -2.11. The first-order valence-electron chi connectivity index (χ1n) is 4.71. The maximum absolute atomic E-state index is 12.2. The second-order valence-electron chi connectivity index (χ2n) is 2.86. The lowest BCUT2D eigenvalue weighted by molar-refractivity contribution is 0.0383. The van der Waals surface area contributed by atoms with Gasteiger partial charge in [-0.25, -0.2) is 9.78 Å². The lowest BCUT2D eigenvalue weighted by atomic mass is 10.3. The molecule has 0 fully saturated rings. The van der Waals surface area contributed by atoms with Crippen LogP contribution in [0.1, 0.15) is 10.4 Å². The van der Waals surface area contributed by atoms with Crippen LogP contribution in [0.25, 0.3) is 0 Å². The average Bonchev–Trinajstić information content (AvgIpc) is 2.29. The van der Waals surface area contributed by atoms with Gasteiger partial charge in [0.1, 0.15) is 11.6 Å². The van der Waals surface area contributed by atoms with Crippen LogP contribution < -0.4 is 0 Å². The molecule has 94 valence electrons. The first-order valence-corrected chi connectivity index (χ1v) is 5.59. The summed E-state index contributed by atoms with van der Waals surface area (Å²) in [4.78, 5) is 15.3. The number of esters is 1. The summed E-state index contributed by atoms with van der Waals surface area (Å²) in [6, 6.07) is 2.88. The van der Waals surface area contributed by atoms with Crippen LogP contribution in [0.2, 0.25) is 0 Å². The van der Waals surface area contributed by atoms with Gasteiger partial charge in [0.15, 0.2) is 0 Å². The van der Waals surface area contributed by atoms with E-state index in [9.17, 15) is 13.6 Å². The molecule has 0 spiro atoms. The second kappa shape index (κ2) is 7.18. The SMILES string of the molecule is COCCOC(=O)c1cccnc1SC(F)F. The number of ether oxygens (including phenoxy) is 2. The minimum atomic E-state index is -2.63. The Labute approximate surface area is 101 Å². The molecule has 0 aliphatic rings. The van der Waals surface area contributed by atoms with E-state index in [1.165, 1.54) is 25.4 Å². The highest BCUT2D eigenvalue weighted by Gasteiger charge is 2.17. The lowest BCUT2D eigenvalue weighted by Gasteiger charge is -2.07. The summed E-state index contributed by atoms with van der Waals surface area (Å²) in [6.07, 6.45) is 1.34. The zero-order valence-corrected chi connectivity index (χ0v) is 9.88. The number of thioether (sulfide) groups is 1. The van der Waals surface area contributed by atoms with Gasteiger partial charge >= 0.3 is 5.97 Å². The van der Waals surface area contributed by atoms with Gasteiger partial charge in [0.25, 0.3) is 5.76 Å². The van der Waals surface area contributed by atoms with Crippen LogP contribution in [0.4, 0.5) is 8.78 Å². The minimum absolute atomic E-state index is 0.0360. The molecule has 0 bridgehead atoms. The third-order valence-electron chi connectivity index (χ3n) is 1.71. The van der Waals surface area contributed by atoms with Crippen LogP contribution in [-0.4, -0.2) is 37.0 Å². The maximum atomic E-state index is 12.2. The van der Waals surface area contributed by atoms with Gasteiger partial charge < -0.3 is 9.47 Å². The molecular weight excluding hydrogens is 252 g/mol. The fraction of sp³-hybridized carbons (Fsp3) is 0.400. The van der Waals surface area contributed by atoms with Crippen molar-refractivity contribution in [3.63, 3.8) is 0 Å². The highest BCUT2D eigenvalue weighted by atomic mass is 32.2. The minimum Gasteiger partial charge on any atom is -0.460 e. The number of rotatable bonds is 6. The average molecular weight is 263 g/mol. The summed E-state index contributed by atoms with van der Waals surface area (Å²) >= 11 is 0.216. The zero-order chi connectivity index (χ0) is 12.7. The largest absolute Gasteiger partial charge is 0.460 e. The first kappa shape index (κ1) is 13.9. The number of pyridine rings is 1. The molecule has 0 N–H and O–H groups in total. The van der Waals surface area contributed by atoms with E-state index in [1.54, 1.807) is 0 Å². The Morgan fingerprint density at radius 3 is 2.94 bits per heavy atom. The first-order chi connectivity index (χ1) is 8.15. The third-order valence-corrected chi connectivity index (χ3v) is 2.44. The topological polar surface area (TPSA) is 48.4 Å². The Morgan fingerprint density at radius 2 is 2.29 bits per heavy atom. The Hall–Kier alpha value is -1.21. The van der Waals surface area contributed by atoms with Crippen LogP contribution >= 0.6 is 11.8 Å². The second-order valence-corrected chi connectivity index (χ2v) is 3.84. The van der Waals surface area contributed by atoms with Gasteiger partial charge in [0, 0.05) is 13.3 Å². The van der Waals surface area contributed by atoms with Crippen molar-refractivity contribution in [1.82, 2.24) is 4.98 Å². The van der Waals surface area contributed by atoms with Crippen molar-refractivity contribution in [2.24, 2.45) is 0 Å². The summed E-state index contributed by atoms with van der Waals surface area (Å²) in [5.74, 6) is -3.31. The number of methoxy groups -OCH3 is 1. The van der Waals surface area contributed by atoms with Crippen molar-refractivity contribution in [2.75, 3.05) is 20.3 Å². The van der Waals surface area contributed by atoms with Gasteiger partial charge in [-0.05, 0) is 23.9 Å². The summed E-state index contributed by atoms with van der Waals surface area (Å²) in [6.45, 7) is 0.326. The number of alkyl halides is 2. The number of nitrogens with zero attached hydrogens (tertiary/aromatic N) is 1. The van der Waals surface area contributed by atoms with Crippen molar-refractivity contribution in [3.8, 4) is 0 Å². The molecule has 0 unspecified atom stereocenters. The van der Waals surface area contributed by atoms with Crippen LogP contribution in [0.3, 0.4) is 0 Å². The molecule has 0 aliphatic heterocycles. The fourth-order valence-electron chi connectivity index (χ4n) is 1.02. The number of carbonyl (C=O) groups is 1. The summed E-state index contributed by atoms with van der Waals surface area (Å²) < 4.78 is 34.0. The summed E-state index contributed by atoms with van der Waals surface area (Å²) in [5.41, 5.74) is 0.0360. The van der Waals surface area contributed by atoms with E-state index in [0.717, 1.165) is 0 Å².